The highest BCUT2D eigenvalue weighted by atomic mass is 16.2. The molecule has 0 spiro atoms. The second-order valence-corrected chi connectivity index (χ2v) is 15.4. The quantitative estimate of drug-likeness (QED) is 0.141. The largest absolute Gasteiger partial charge is 0.375 e. The van der Waals surface area contributed by atoms with Crippen LogP contribution in [0.25, 0.3) is 11.2 Å². The lowest BCUT2D eigenvalue weighted by molar-refractivity contribution is -0.136. The van der Waals surface area contributed by atoms with Crippen LogP contribution in [0.5, 0.6) is 0 Å². The molecule has 6 amide bonds. The molecule has 18 heteroatoms. The minimum absolute atomic E-state index is 0.0298. The first-order valence-electron chi connectivity index (χ1n) is 20.0. The number of aromatic nitrogens is 5. The first kappa shape index (κ1) is 38.3. The molecule has 5 aromatic rings. The Labute approximate surface area is 343 Å². The summed E-state index contributed by atoms with van der Waals surface area (Å²) in [6.45, 7) is 4.51. The normalized spacial score (nSPS) is 20.1. The third-order valence-corrected chi connectivity index (χ3v) is 11.6. The summed E-state index contributed by atoms with van der Waals surface area (Å²) in [5.41, 5.74) is 5.28. The van der Waals surface area contributed by atoms with Crippen LogP contribution in [0.15, 0.2) is 73.3 Å². The van der Waals surface area contributed by atoms with E-state index in [1.54, 1.807) is 29.4 Å². The summed E-state index contributed by atoms with van der Waals surface area (Å²) in [7, 11) is 0. The number of carbonyl (C=O) groups excluding carboxylic acids is 6. The smallest absolute Gasteiger partial charge is 0.270 e. The third kappa shape index (κ3) is 7.35. The van der Waals surface area contributed by atoms with Crippen molar-refractivity contribution in [2.24, 2.45) is 0 Å². The van der Waals surface area contributed by atoms with Crippen LogP contribution in [0.1, 0.15) is 74.2 Å². The second-order valence-electron chi connectivity index (χ2n) is 15.4. The van der Waals surface area contributed by atoms with Crippen LogP contribution in [0.2, 0.25) is 0 Å². The van der Waals surface area contributed by atoms with E-state index >= 15 is 0 Å². The van der Waals surface area contributed by atoms with Gasteiger partial charge in [-0.05, 0) is 68.1 Å². The van der Waals surface area contributed by atoms with E-state index in [9.17, 15) is 28.8 Å². The van der Waals surface area contributed by atoms with Crippen LogP contribution < -0.4 is 26.2 Å². The molecule has 2 aromatic carbocycles. The van der Waals surface area contributed by atoms with Crippen LogP contribution in [-0.2, 0) is 20.9 Å². The predicted molar refractivity (Wildman–Crippen MR) is 218 cm³/mol. The molecule has 60 heavy (non-hydrogen) atoms. The Morgan fingerprint density at radius 3 is 2.48 bits per heavy atom. The summed E-state index contributed by atoms with van der Waals surface area (Å²) in [4.78, 5) is 99.7. The van der Waals surface area contributed by atoms with Crippen molar-refractivity contribution in [1.82, 2.24) is 44.9 Å². The van der Waals surface area contributed by atoms with Gasteiger partial charge in [-0.2, -0.15) is 0 Å². The number of imide groups is 2. The number of carbonyl (C=O) groups is 6. The lowest BCUT2D eigenvalue weighted by Crippen LogP contribution is -2.54. The van der Waals surface area contributed by atoms with Crippen molar-refractivity contribution in [1.29, 1.82) is 0 Å². The van der Waals surface area contributed by atoms with Crippen molar-refractivity contribution in [2.75, 3.05) is 48.3 Å². The standard InChI is InChI=1S/C42H42N12O6/c1-24-5-2-10-31(48-24)39(57)49-26-18-28(19-26)53-23-47-36-37(45-22-46-38(36)53)44-20-25-6-3-7-27(17-25)51-13-15-52(16-14-51)34(56)21-43-30-9-4-8-29-35(30)42(60)54(41(29)59)32-11-12-33(55)50-40(32)58/h2-10,17,22-23,26,28,32,43H,11-16,18-21H2,1H3,(H,49,57)(H,44,45,46)(H,50,55,58)/t26?,28?,32-/m0/s1. The highest BCUT2D eigenvalue weighted by Gasteiger charge is 2.45. The summed E-state index contributed by atoms with van der Waals surface area (Å²) in [6, 6.07) is 17.5. The number of piperazine rings is 1. The van der Waals surface area contributed by atoms with E-state index in [2.05, 4.69) is 52.2 Å². The van der Waals surface area contributed by atoms with Crippen LogP contribution in [-0.4, -0.2) is 115 Å². The fourth-order valence-corrected chi connectivity index (χ4v) is 8.32. The molecule has 1 saturated carbocycles. The molecule has 3 aromatic heterocycles. The zero-order valence-corrected chi connectivity index (χ0v) is 32.8. The number of aryl methyl sites for hydroxylation is 1. The molecule has 0 radical (unpaired) electrons. The number of hydrogen-bond donors (Lipinski definition) is 4. The average molecular weight is 811 g/mol. The Hall–Kier alpha value is -7.24. The van der Waals surface area contributed by atoms with Crippen LogP contribution in [0.3, 0.4) is 0 Å². The van der Waals surface area contributed by atoms with Crippen molar-refractivity contribution in [2.45, 2.75) is 57.3 Å². The number of benzene rings is 2. The maximum absolute atomic E-state index is 13.4. The van der Waals surface area contributed by atoms with Gasteiger partial charge in [0.2, 0.25) is 17.7 Å². The maximum atomic E-state index is 13.4. The topological polar surface area (TPSA) is 217 Å². The van der Waals surface area contributed by atoms with Crippen LogP contribution >= 0.6 is 0 Å². The molecule has 4 aliphatic rings. The molecule has 3 aliphatic heterocycles. The molecule has 18 nitrogen and oxygen atoms in total. The first-order chi connectivity index (χ1) is 29.1. The number of nitrogens with one attached hydrogen (secondary N) is 4. The van der Waals surface area contributed by atoms with Gasteiger partial charge in [0.05, 0.1) is 24.0 Å². The Kier molecular flexibility index (Phi) is 10.1. The van der Waals surface area contributed by atoms with E-state index in [0.717, 1.165) is 40.3 Å². The number of amides is 6. The zero-order chi connectivity index (χ0) is 41.5. The Morgan fingerprint density at radius 1 is 0.883 bits per heavy atom. The SMILES string of the molecule is Cc1cccc(C(=O)NC2CC(n3cnc4c(NCc5cccc(N6CCN(C(=O)CNc7cccc8c7C(=O)N([C@H]7CCC(=O)NC7=O)C8=O)CC6)c5)ncnc43)C2)n1. The Bertz CT molecular complexity index is 2560. The first-order valence-corrected chi connectivity index (χ1v) is 20.0. The van der Waals surface area contributed by atoms with Gasteiger partial charge >= 0.3 is 0 Å². The molecule has 4 N–H and O–H groups in total. The van der Waals surface area contributed by atoms with Crippen LogP contribution in [0, 0.1) is 6.92 Å². The Morgan fingerprint density at radius 2 is 1.68 bits per heavy atom. The van der Waals surface area contributed by atoms with Gasteiger partial charge in [0, 0.05) is 68.3 Å². The Balaban J connectivity index is 0.764. The zero-order valence-electron chi connectivity index (χ0n) is 32.8. The van der Waals surface area contributed by atoms with Gasteiger partial charge in [-0.15, -0.1) is 0 Å². The lowest BCUT2D eigenvalue weighted by Gasteiger charge is -2.36. The summed E-state index contributed by atoms with van der Waals surface area (Å²) in [5.74, 6) is -2.05. The summed E-state index contributed by atoms with van der Waals surface area (Å²) < 4.78 is 2.05. The molecule has 6 heterocycles. The van der Waals surface area contributed by atoms with Crippen LogP contribution in [0.4, 0.5) is 17.2 Å². The van der Waals surface area contributed by atoms with Gasteiger partial charge in [0.1, 0.15) is 23.6 Å². The third-order valence-electron chi connectivity index (χ3n) is 11.6. The van der Waals surface area contributed by atoms with Gasteiger partial charge < -0.3 is 30.3 Å². The average Bonchev–Trinajstić information content (AvgIpc) is 3.78. The molecule has 1 atom stereocenters. The van der Waals surface area contributed by atoms with Gasteiger partial charge in [-0.3, -0.25) is 39.0 Å². The van der Waals surface area contributed by atoms with Crippen molar-refractivity contribution < 1.29 is 28.8 Å². The van der Waals surface area contributed by atoms with Crippen molar-refractivity contribution >= 4 is 63.8 Å². The number of hydrogen-bond acceptors (Lipinski definition) is 13. The minimum atomic E-state index is -1.07. The fraction of sp³-hybridized carbons (Fsp3) is 0.333. The van der Waals surface area contributed by atoms with E-state index in [1.165, 1.54) is 12.4 Å². The predicted octanol–water partition coefficient (Wildman–Crippen LogP) is 2.44. The van der Waals surface area contributed by atoms with Gasteiger partial charge in [-0.25, -0.2) is 19.9 Å². The molecule has 2 saturated heterocycles. The maximum Gasteiger partial charge on any atom is 0.270 e. The van der Waals surface area contributed by atoms with E-state index in [1.807, 2.05) is 41.8 Å². The number of nitrogens with zero attached hydrogens (tertiary/aromatic N) is 8. The number of anilines is 3. The van der Waals surface area contributed by atoms with E-state index in [0.29, 0.717) is 55.4 Å². The van der Waals surface area contributed by atoms with Gasteiger partial charge in [0.15, 0.2) is 11.5 Å². The van der Waals surface area contributed by atoms with Crippen molar-refractivity contribution in [3.05, 3.63) is 101 Å². The molecular weight excluding hydrogens is 769 g/mol. The van der Waals surface area contributed by atoms with E-state index in [-0.39, 0.29) is 54.4 Å². The van der Waals surface area contributed by atoms with E-state index in [4.69, 9.17) is 0 Å². The molecule has 306 valence electrons. The number of piperidine rings is 1. The molecule has 9 rings (SSSR count). The van der Waals surface area contributed by atoms with E-state index < -0.39 is 29.7 Å². The number of rotatable bonds is 11. The number of pyridine rings is 1. The minimum Gasteiger partial charge on any atom is -0.375 e. The summed E-state index contributed by atoms with van der Waals surface area (Å²) >= 11 is 0. The second kappa shape index (κ2) is 15.8. The molecule has 3 fully saturated rings. The number of fused-ring (bicyclic) bond motifs is 2. The highest BCUT2D eigenvalue weighted by Crippen LogP contribution is 2.36. The lowest BCUT2D eigenvalue weighted by atomic mass is 9.86. The van der Waals surface area contributed by atoms with Crippen molar-refractivity contribution in [3.8, 4) is 0 Å². The van der Waals surface area contributed by atoms with Gasteiger partial charge in [0.25, 0.3) is 17.7 Å². The number of imidazole rings is 1. The monoisotopic (exact) mass is 810 g/mol. The molecule has 0 unspecified atom stereocenters. The van der Waals surface area contributed by atoms with Crippen molar-refractivity contribution in [3.63, 3.8) is 0 Å². The molecule has 0 bridgehead atoms. The summed E-state index contributed by atoms with van der Waals surface area (Å²) in [5, 5.41) is 11.8. The van der Waals surface area contributed by atoms with Gasteiger partial charge in [-0.1, -0.05) is 24.3 Å². The molecule has 1 aliphatic carbocycles. The fourth-order valence-electron chi connectivity index (χ4n) is 8.32. The summed E-state index contributed by atoms with van der Waals surface area (Å²) in [6.07, 6.45) is 4.93. The highest BCUT2D eigenvalue weighted by molar-refractivity contribution is 6.25. The molecular formula is C42H42N12O6.